The number of thiazole rings is 1. The Morgan fingerprint density at radius 3 is 2.59 bits per heavy atom. The lowest BCUT2D eigenvalue weighted by molar-refractivity contribution is -0.139. The third-order valence-electron chi connectivity index (χ3n) is 6.73. The van der Waals surface area contributed by atoms with E-state index in [1.54, 1.807) is 43.9 Å². The summed E-state index contributed by atoms with van der Waals surface area (Å²) in [5.74, 6) is 0.618. The molecule has 1 atom stereocenters. The lowest BCUT2D eigenvalue weighted by atomic mass is 9.93. The van der Waals surface area contributed by atoms with Gasteiger partial charge in [0.25, 0.3) is 5.56 Å². The second-order valence-electron chi connectivity index (χ2n) is 9.09. The molecule has 2 heterocycles. The second-order valence-corrected chi connectivity index (χ2v) is 10.1. The van der Waals surface area contributed by atoms with E-state index in [-0.39, 0.29) is 12.2 Å². The second kappa shape index (κ2) is 11.3. The maximum Gasteiger partial charge on any atom is 0.338 e. The third kappa shape index (κ3) is 4.88. The zero-order valence-corrected chi connectivity index (χ0v) is 23.2. The van der Waals surface area contributed by atoms with E-state index in [9.17, 15) is 9.59 Å². The highest BCUT2D eigenvalue weighted by Crippen LogP contribution is 2.38. The fourth-order valence-corrected chi connectivity index (χ4v) is 6.00. The normalized spacial score (nSPS) is 15.2. The van der Waals surface area contributed by atoms with Crippen molar-refractivity contribution in [2.75, 3.05) is 20.8 Å². The first-order valence-corrected chi connectivity index (χ1v) is 13.7. The minimum atomic E-state index is -0.790. The molecule has 5 rings (SSSR count). The van der Waals surface area contributed by atoms with Gasteiger partial charge in [-0.05, 0) is 54.0 Å². The van der Waals surface area contributed by atoms with E-state index >= 15 is 0 Å². The maximum absolute atomic E-state index is 14.1. The Morgan fingerprint density at radius 1 is 1.05 bits per heavy atom. The van der Waals surface area contributed by atoms with E-state index in [0.717, 1.165) is 22.8 Å². The van der Waals surface area contributed by atoms with E-state index in [1.165, 1.54) is 11.3 Å². The molecule has 1 aliphatic rings. The molecule has 0 unspecified atom stereocenters. The lowest BCUT2D eigenvalue weighted by Crippen LogP contribution is -2.40. The molecule has 1 aliphatic heterocycles. The van der Waals surface area contributed by atoms with Crippen LogP contribution in [0.4, 0.5) is 0 Å². The predicted molar refractivity (Wildman–Crippen MR) is 153 cm³/mol. The van der Waals surface area contributed by atoms with Crippen molar-refractivity contribution in [3.8, 4) is 11.5 Å². The predicted octanol–water partition coefficient (Wildman–Crippen LogP) is 4.75. The largest absolute Gasteiger partial charge is 0.497 e. The van der Waals surface area contributed by atoms with Crippen LogP contribution in [-0.4, -0.2) is 31.4 Å². The number of aromatic nitrogens is 1. The number of esters is 1. The third-order valence-corrected chi connectivity index (χ3v) is 7.72. The molecule has 39 heavy (non-hydrogen) atoms. The number of carbonyl (C=O) groups excluding carboxylic acids is 1. The molecule has 0 saturated carbocycles. The molecule has 0 N–H and O–H groups in total. The monoisotopic (exact) mass is 542 g/mol. The van der Waals surface area contributed by atoms with Crippen LogP contribution in [0, 0.1) is 0 Å². The molecular weight excluding hydrogens is 512 g/mol. The SMILES string of the molecule is CCCC1=C(C(=O)OCC)[C@H](c2cc(OC)ccc2OC)n2c(s/c(=C\c3cccc4ccccc34)c2=O)=N1. The van der Waals surface area contributed by atoms with Crippen LogP contribution in [-0.2, 0) is 9.53 Å². The van der Waals surface area contributed by atoms with Crippen molar-refractivity contribution >= 4 is 34.2 Å². The minimum absolute atomic E-state index is 0.204. The van der Waals surface area contributed by atoms with Crippen molar-refractivity contribution in [1.82, 2.24) is 4.57 Å². The first kappa shape index (κ1) is 26.4. The van der Waals surface area contributed by atoms with E-state index in [1.807, 2.05) is 55.5 Å². The van der Waals surface area contributed by atoms with Crippen LogP contribution in [0.3, 0.4) is 0 Å². The van der Waals surface area contributed by atoms with E-state index < -0.39 is 12.0 Å². The summed E-state index contributed by atoms with van der Waals surface area (Å²) in [5.41, 5.74) is 2.28. The van der Waals surface area contributed by atoms with Gasteiger partial charge in [0.15, 0.2) is 4.80 Å². The molecular formula is C31H30N2O5S. The summed E-state index contributed by atoms with van der Waals surface area (Å²) in [6.45, 7) is 4.00. The van der Waals surface area contributed by atoms with Crippen LogP contribution in [0.5, 0.6) is 11.5 Å². The van der Waals surface area contributed by atoms with Gasteiger partial charge in [-0.3, -0.25) is 9.36 Å². The molecule has 0 fully saturated rings. The van der Waals surface area contributed by atoms with Gasteiger partial charge in [0.2, 0.25) is 0 Å². The Morgan fingerprint density at radius 2 is 1.85 bits per heavy atom. The van der Waals surface area contributed by atoms with Gasteiger partial charge in [-0.1, -0.05) is 67.1 Å². The average Bonchev–Trinajstić information content (AvgIpc) is 3.26. The van der Waals surface area contributed by atoms with Gasteiger partial charge >= 0.3 is 5.97 Å². The number of methoxy groups -OCH3 is 2. The number of nitrogens with zero attached hydrogens (tertiary/aromatic N) is 2. The molecule has 0 spiro atoms. The number of hydrogen-bond acceptors (Lipinski definition) is 7. The van der Waals surface area contributed by atoms with Crippen molar-refractivity contribution in [2.24, 2.45) is 4.99 Å². The molecule has 0 amide bonds. The molecule has 8 heteroatoms. The molecule has 7 nitrogen and oxygen atoms in total. The molecule has 0 bridgehead atoms. The number of ether oxygens (including phenoxy) is 3. The van der Waals surface area contributed by atoms with Crippen molar-refractivity contribution < 1.29 is 19.0 Å². The maximum atomic E-state index is 14.1. The fraction of sp³-hybridized carbons (Fsp3) is 0.258. The van der Waals surface area contributed by atoms with Crippen LogP contribution in [0.15, 0.2) is 81.7 Å². The zero-order valence-electron chi connectivity index (χ0n) is 22.4. The molecule has 0 aliphatic carbocycles. The summed E-state index contributed by atoms with van der Waals surface area (Å²) < 4.78 is 18.8. The lowest BCUT2D eigenvalue weighted by Gasteiger charge is -2.27. The van der Waals surface area contributed by atoms with Crippen LogP contribution in [0.2, 0.25) is 0 Å². The van der Waals surface area contributed by atoms with Crippen molar-refractivity contribution in [3.63, 3.8) is 0 Å². The van der Waals surface area contributed by atoms with Crippen LogP contribution in [0.25, 0.3) is 16.8 Å². The Balaban J connectivity index is 1.83. The van der Waals surface area contributed by atoms with Gasteiger partial charge in [-0.2, -0.15) is 0 Å². The summed E-state index contributed by atoms with van der Waals surface area (Å²) in [7, 11) is 3.14. The standard InChI is InChI=1S/C31H30N2O5S/c1-5-10-24-27(30(35)38-6-2)28(23-18-21(36-3)15-16-25(23)37-4)33-29(34)26(39-31(33)32-24)17-20-13-9-12-19-11-7-8-14-22(19)20/h7-9,11-18,28H,5-6,10H2,1-4H3/b26-17-/t28-/m0/s1. The summed E-state index contributed by atoms with van der Waals surface area (Å²) in [4.78, 5) is 32.9. The summed E-state index contributed by atoms with van der Waals surface area (Å²) >= 11 is 1.31. The number of fused-ring (bicyclic) bond motifs is 2. The smallest absolute Gasteiger partial charge is 0.338 e. The molecule has 0 radical (unpaired) electrons. The molecule has 4 aromatic rings. The molecule has 1 aromatic heterocycles. The van der Waals surface area contributed by atoms with E-state index in [0.29, 0.717) is 44.1 Å². The minimum Gasteiger partial charge on any atom is -0.497 e. The highest BCUT2D eigenvalue weighted by atomic mass is 32.1. The van der Waals surface area contributed by atoms with Crippen molar-refractivity contribution in [2.45, 2.75) is 32.7 Å². The Bertz CT molecular complexity index is 1760. The molecule has 3 aromatic carbocycles. The van der Waals surface area contributed by atoms with Crippen molar-refractivity contribution in [3.05, 3.63) is 103 Å². The average molecular weight is 543 g/mol. The van der Waals surface area contributed by atoms with Gasteiger partial charge in [0.05, 0.1) is 36.6 Å². The van der Waals surface area contributed by atoms with Crippen LogP contribution >= 0.6 is 11.3 Å². The number of benzene rings is 3. The zero-order chi connectivity index (χ0) is 27.5. The van der Waals surface area contributed by atoms with Gasteiger partial charge in [-0.25, -0.2) is 9.79 Å². The van der Waals surface area contributed by atoms with E-state index in [2.05, 4.69) is 0 Å². The van der Waals surface area contributed by atoms with Crippen LogP contribution < -0.4 is 24.4 Å². The van der Waals surface area contributed by atoms with Gasteiger partial charge in [0.1, 0.15) is 17.5 Å². The summed E-state index contributed by atoms with van der Waals surface area (Å²) in [6, 6.07) is 18.7. The topological polar surface area (TPSA) is 79.1 Å². The van der Waals surface area contributed by atoms with Crippen LogP contribution in [0.1, 0.15) is 43.9 Å². The number of rotatable bonds is 8. The summed E-state index contributed by atoms with van der Waals surface area (Å²) in [6.07, 6.45) is 3.24. The first-order chi connectivity index (χ1) is 19.0. The highest BCUT2D eigenvalue weighted by Gasteiger charge is 2.36. The molecule has 200 valence electrons. The number of allylic oxidation sites excluding steroid dienone is 1. The first-order valence-electron chi connectivity index (χ1n) is 12.9. The van der Waals surface area contributed by atoms with Crippen molar-refractivity contribution in [1.29, 1.82) is 0 Å². The van der Waals surface area contributed by atoms with Gasteiger partial charge < -0.3 is 14.2 Å². The Hall–Kier alpha value is -4.17. The fourth-order valence-electron chi connectivity index (χ4n) is 4.99. The molecule has 0 saturated heterocycles. The van der Waals surface area contributed by atoms with Gasteiger partial charge in [-0.15, -0.1) is 0 Å². The quantitative estimate of drug-likeness (QED) is 0.300. The number of hydrogen-bond donors (Lipinski definition) is 0. The van der Waals surface area contributed by atoms with E-state index in [4.69, 9.17) is 19.2 Å². The number of carbonyl (C=O) groups is 1. The Labute approximate surface area is 230 Å². The van der Waals surface area contributed by atoms with Gasteiger partial charge in [0, 0.05) is 5.56 Å². The summed E-state index contributed by atoms with van der Waals surface area (Å²) in [5, 5.41) is 2.14. The Kier molecular flexibility index (Phi) is 7.65. The highest BCUT2D eigenvalue weighted by molar-refractivity contribution is 7.07.